The molecule has 1 heterocycles. The lowest BCUT2D eigenvalue weighted by atomic mass is 10.1. The Labute approximate surface area is 137 Å². The number of likely N-dealkylation sites (tertiary alicyclic amines) is 1. The number of rotatable bonds is 6. The summed E-state index contributed by atoms with van der Waals surface area (Å²) in [6.45, 7) is 4.76. The Bertz CT molecular complexity index is 540. The number of aliphatic hydroxyl groups is 1. The number of aliphatic hydroxyl groups excluding tert-OH is 1. The highest BCUT2D eigenvalue weighted by molar-refractivity contribution is 5.98. The van der Waals surface area contributed by atoms with E-state index >= 15 is 0 Å². The molecule has 2 rings (SSSR count). The van der Waals surface area contributed by atoms with Gasteiger partial charge in [-0.15, -0.1) is 0 Å². The van der Waals surface area contributed by atoms with Crippen LogP contribution in [0.2, 0.25) is 0 Å². The van der Waals surface area contributed by atoms with Gasteiger partial charge in [0.25, 0.3) is 11.8 Å². The molecule has 1 aromatic carbocycles. The van der Waals surface area contributed by atoms with Crippen LogP contribution in [-0.2, 0) is 0 Å². The molecule has 2 N–H and O–H groups in total. The van der Waals surface area contributed by atoms with E-state index in [0.717, 1.165) is 32.2 Å². The van der Waals surface area contributed by atoms with Crippen molar-refractivity contribution in [3.8, 4) is 0 Å². The zero-order valence-corrected chi connectivity index (χ0v) is 13.9. The van der Waals surface area contributed by atoms with Crippen LogP contribution in [0.4, 0.5) is 0 Å². The lowest BCUT2D eigenvalue weighted by Crippen LogP contribution is -2.35. The second kappa shape index (κ2) is 8.11. The molecule has 0 saturated carbocycles. The Balaban J connectivity index is 2.03. The highest BCUT2D eigenvalue weighted by atomic mass is 16.3. The van der Waals surface area contributed by atoms with E-state index in [4.69, 9.17) is 5.11 Å². The summed E-state index contributed by atoms with van der Waals surface area (Å²) in [5.74, 6) is -0.109. The van der Waals surface area contributed by atoms with Gasteiger partial charge in [-0.2, -0.15) is 0 Å². The number of hydrogen-bond acceptors (Lipinski definition) is 3. The molecule has 5 heteroatoms. The van der Waals surface area contributed by atoms with Gasteiger partial charge in [0.1, 0.15) is 0 Å². The van der Waals surface area contributed by atoms with E-state index in [1.807, 2.05) is 18.7 Å². The molecule has 5 nitrogen and oxygen atoms in total. The van der Waals surface area contributed by atoms with Crippen LogP contribution in [0.3, 0.4) is 0 Å². The third-order valence-electron chi connectivity index (χ3n) is 4.15. The summed E-state index contributed by atoms with van der Waals surface area (Å²) in [6, 6.07) is 7.14. The maximum Gasteiger partial charge on any atom is 0.254 e. The van der Waals surface area contributed by atoms with E-state index in [1.54, 1.807) is 24.3 Å². The second-order valence-electron chi connectivity index (χ2n) is 6.37. The van der Waals surface area contributed by atoms with Gasteiger partial charge in [-0.25, -0.2) is 0 Å². The predicted octanol–water partition coefficient (Wildman–Crippen LogP) is 2.20. The van der Waals surface area contributed by atoms with Gasteiger partial charge in [-0.05, 0) is 63.8 Å². The quantitative estimate of drug-likeness (QED) is 0.845. The Hall–Kier alpha value is -1.88. The van der Waals surface area contributed by atoms with E-state index in [2.05, 4.69) is 5.32 Å². The van der Waals surface area contributed by atoms with Gasteiger partial charge in [-0.1, -0.05) is 0 Å². The van der Waals surface area contributed by atoms with Crippen molar-refractivity contribution >= 4 is 11.8 Å². The molecule has 126 valence electrons. The van der Waals surface area contributed by atoms with Crippen LogP contribution in [0.15, 0.2) is 24.3 Å². The Morgan fingerprint density at radius 1 is 1.26 bits per heavy atom. The van der Waals surface area contributed by atoms with Crippen molar-refractivity contribution < 1.29 is 14.7 Å². The number of carbonyl (C=O) groups is 2. The van der Waals surface area contributed by atoms with Gasteiger partial charge < -0.3 is 15.3 Å². The van der Waals surface area contributed by atoms with Crippen LogP contribution < -0.4 is 5.32 Å². The molecule has 0 aromatic heterocycles. The number of benzene rings is 1. The van der Waals surface area contributed by atoms with Gasteiger partial charge >= 0.3 is 0 Å². The zero-order chi connectivity index (χ0) is 16.8. The average molecular weight is 318 g/mol. The maximum atomic E-state index is 12.6. The monoisotopic (exact) mass is 318 g/mol. The fourth-order valence-electron chi connectivity index (χ4n) is 3.01. The number of nitrogens with one attached hydrogen (secondary N) is 1. The fourth-order valence-corrected chi connectivity index (χ4v) is 3.01. The molecular weight excluding hydrogens is 292 g/mol. The zero-order valence-electron chi connectivity index (χ0n) is 13.9. The molecule has 1 atom stereocenters. The fraction of sp³-hybridized carbons (Fsp3) is 0.556. The summed E-state index contributed by atoms with van der Waals surface area (Å²) in [5.41, 5.74) is 1.18. The van der Waals surface area contributed by atoms with Crippen LogP contribution in [0.5, 0.6) is 0 Å². The van der Waals surface area contributed by atoms with Gasteiger partial charge in [0, 0.05) is 36.4 Å². The summed E-state index contributed by atoms with van der Waals surface area (Å²) < 4.78 is 0. The second-order valence-corrected chi connectivity index (χ2v) is 6.37. The van der Waals surface area contributed by atoms with Gasteiger partial charge in [0.15, 0.2) is 0 Å². The minimum atomic E-state index is -0.124. The van der Waals surface area contributed by atoms with Crippen molar-refractivity contribution in [2.45, 2.75) is 51.6 Å². The molecule has 1 unspecified atom stereocenters. The predicted molar refractivity (Wildman–Crippen MR) is 89.4 cm³/mol. The molecule has 1 fully saturated rings. The molecule has 1 aromatic rings. The highest BCUT2D eigenvalue weighted by Crippen LogP contribution is 2.23. The van der Waals surface area contributed by atoms with E-state index in [-0.39, 0.29) is 30.5 Å². The maximum absolute atomic E-state index is 12.6. The number of amides is 2. The minimum absolute atomic E-state index is 0.0151. The molecule has 2 amide bonds. The van der Waals surface area contributed by atoms with E-state index in [9.17, 15) is 9.59 Å². The van der Waals surface area contributed by atoms with Crippen molar-refractivity contribution in [1.29, 1.82) is 0 Å². The van der Waals surface area contributed by atoms with Gasteiger partial charge in [0.05, 0.1) is 0 Å². The first-order chi connectivity index (χ1) is 11.0. The lowest BCUT2D eigenvalue weighted by Gasteiger charge is -2.24. The smallest absolute Gasteiger partial charge is 0.254 e. The molecule has 0 spiro atoms. The van der Waals surface area contributed by atoms with Crippen molar-refractivity contribution in [2.75, 3.05) is 13.2 Å². The third-order valence-corrected chi connectivity index (χ3v) is 4.15. The number of carbonyl (C=O) groups excluding carboxylic acids is 2. The normalized spacial score (nSPS) is 17.6. The van der Waals surface area contributed by atoms with Crippen molar-refractivity contribution in [2.24, 2.45) is 0 Å². The Morgan fingerprint density at radius 2 is 1.91 bits per heavy atom. The molecule has 0 radical (unpaired) electrons. The van der Waals surface area contributed by atoms with Crippen molar-refractivity contribution in [3.63, 3.8) is 0 Å². The third kappa shape index (κ3) is 4.55. The van der Waals surface area contributed by atoms with Crippen LogP contribution >= 0.6 is 0 Å². The van der Waals surface area contributed by atoms with Gasteiger partial charge in [0.2, 0.25) is 0 Å². The van der Waals surface area contributed by atoms with Crippen LogP contribution in [0.25, 0.3) is 0 Å². The standard InChI is InChI=1S/C18H26N2O3/c1-13(2)19-17(22)14-7-9-15(10-8-14)18(23)20-11-3-5-16(20)6-4-12-21/h7-10,13,16,21H,3-6,11-12H2,1-2H3,(H,19,22). The summed E-state index contributed by atoms with van der Waals surface area (Å²) >= 11 is 0. The van der Waals surface area contributed by atoms with Crippen molar-refractivity contribution in [3.05, 3.63) is 35.4 Å². The molecule has 23 heavy (non-hydrogen) atoms. The first kappa shape index (κ1) is 17.5. The largest absolute Gasteiger partial charge is 0.396 e. The average Bonchev–Trinajstić information content (AvgIpc) is 3.00. The number of hydrogen-bond donors (Lipinski definition) is 2. The lowest BCUT2D eigenvalue weighted by molar-refractivity contribution is 0.0724. The molecular formula is C18H26N2O3. The van der Waals surface area contributed by atoms with Gasteiger partial charge in [-0.3, -0.25) is 9.59 Å². The van der Waals surface area contributed by atoms with E-state index in [0.29, 0.717) is 11.1 Å². The first-order valence-corrected chi connectivity index (χ1v) is 8.35. The van der Waals surface area contributed by atoms with Crippen LogP contribution in [0.1, 0.15) is 60.2 Å². The minimum Gasteiger partial charge on any atom is -0.396 e. The first-order valence-electron chi connectivity index (χ1n) is 8.35. The van der Waals surface area contributed by atoms with E-state index < -0.39 is 0 Å². The molecule has 1 aliphatic heterocycles. The topological polar surface area (TPSA) is 69.6 Å². The summed E-state index contributed by atoms with van der Waals surface area (Å²) in [5, 5.41) is 11.8. The van der Waals surface area contributed by atoms with E-state index in [1.165, 1.54) is 0 Å². The SMILES string of the molecule is CC(C)NC(=O)c1ccc(C(=O)N2CCCC2CCCO)cc1. The summed E-state index contributed by atoms with van der Waals surface area (Å²) in [6.07, 6.45) is 3.58. The Kier molecular flexibility index (Phi) is 6.16. The van der Waals surface area contributed by atoms with Crippen molar-refractivity contribution in [1.82, 2.24) is 10.2 Å². The highest BCUT2D eigenvalue weighted by Gasteiger charge is 2.28. The summed E-state index contributed by atoms with van der Waals surface area (Å²) in [4.78, 5) is 26.5. The van der Waals surface area contributed by atoms with Crippen LogP contribution in [0, 0.1) is 0 Å². The van der Waals surface area contributed by atoms with Crippen LogP contribution in [-0.4, -0.2) is 47.1 Å². The molecule has 0 aliphatic carbocycles. The Morgan fingerprint density at radius 3 is 2.52 bits per heavy atom. The molecule has 1 aliphatic rings. The summed E-state index contributed by atoms with van der Waals surface area (Å²) in [7, 11) is 0. The molecule has 1 saturated heterocycles. The number of nitrogens with zero attached hydrogens (tertiary/aromatic N) is 1. The molecule has 0 bridgehead atoms.